The van der Waals surface area contributed by atoms with E-state index in [2.05, 4.69) is 20.5 Å². The highest BCUT2D eigenvalue weighted by Crippen LogP contribution is 2.39. The number of ether oxygens (including phenoxy) is 2. The summed E-state index contributed by atoms with van der Waals surface area (Å²) in [7, 11) is 5.11. The molecule has 2 heterocycles. The van der Waals surface area contributed by atoms with E-state index in [4.69, 9.17) is 9.47 Å². The van der Waals surface area contributed by atoms with Gasteiger partial charge in [0.05, 0.1) is 25.0 Å². The Morgan fingerprint density at radius 3 is 2.37 bits per heavy atom. The van der Waals surface area contributed by atoms with Crippen molar-refractivity contribution < 1.29 is 33.4 Å². The predicted octanol–water partition coefficient (Wildman–Crippen LogP) is 4.79. The van der Waals surface area contributed by atoms with Crippen LogP contribution >= 0.6 is 11.3 Å². The monoisotopic (exact) mass is 739 g/mol. The number of thiazole rings is 1. The highest BCUT2D eigenvalue weighted by molar-refractivity contribution is 7.09. The maximum atomic E-state index is 14.1. The van der Waals surface area contributed by atoms with Crippen LogP contribution in [0.25, 0.3) is 0 Å². The molecule has 1 aliphatic heterocycles. The summed E-state index contributed by atoms with van der Waals surface area (Å²) in [6.45, 7) is 8.34. The number of methoxy groups -OCH3 is 1. The molecule has 12 nitrogen and oxygen atoms in total. The molecule has 2 aromatic rings. The average molecular weight is 740 g/mol. The van der Waals surface area contributed by atoms with E-state index in [1.807, 2.05) is 51.2 Å². The minimum atomic E-state index is -0.785. The normalized spacial score (nSPS) is 19.1. The van der Waals surface area contributed by atoms with Crippen LogP contribution in [0.2, 0.25) is 0 Å². The molecular weight excluding hydrogens is 683 g/mol. The van der Waals surface area contributed by atoms with Crippen molar-refractivity contribution >= 4 is 41.0 Å². The number of carbonyl (C=O) groups is 5. The fourth-order valence-electron chi connectivity index (χ4n) is 7.23. The Bertz CT molecular complexity index is 1510. The number of nitrogens with zero attached hydrogens (tertiary/aromatic N) is 3. The first-order chi connectivity index (χ1) is 24.8. The van der Waals surface area contributed by atoms with Crippen LogP contribution in [0.1, 0.15) is 99.8 Å². The van der Waals surface area contributed by atoms with E-state index >= 15 is 0 Å². The maximum absolute atomic E-state index is 14.1. The summed E-state index contributed by atoms with van der Waals surface area (Å²) < 4.78 is 10.7. The quantitative estimate of drug-likeness (QED) is 0.206. The molecule has 13 heteroatoms. The number of piperidine rings is 1. The molecule has 0 radical (unpaired) electrons. The molecule has 1 saturated heterocycles. The number of rotatable bonds is 18. The number of aromatic nitrogens is 1. The number of nitrogens with one attached hydrogen (secondary N) is 2. The summed E-state index contributed by atoms with van der Waals surface area (Å²) in [5.74, 6) is -1.84. The summed E-state index contributed by atoms with van der Waals surface area (Å²) in [5, 5.41) is 8.24. The Labute approximate surface area is 312 Å². The van der Waals surface area contributed by atoms with E-state index in [1.165, 1.54) is 25.4 Å². The lowest BCUT2D eigenvalue weighted by atomic mass is 9.93. The van der Waals surface area contributed by atoms with Gasteiger partial charge in [-0.05, 0) is 69.5 Å². The van der Waals surface area contributed by atoms with Crippen molar-refractivity contribution in [1.82, 2.24) is 25.4 Å². The van der Waals surface area contributed by atoms with Crippen LogP contribution in [0.3, 0.4) is 0 Å². The number of carbonyl (C=O) groups excluding carboxylic acids is 5. The van der Waals surface area contributed by atoms with Gasteiger partial charge in [-0.15, -0.1) is 11.3 Å². The van der Waals surface area contributed by atoms with Crippen LogP contribution in [0.5, 0.6) is 0 Å². The molecule has 52 heavy (non-hydrogen) atoms. The Kier molecular flexibility index (Phi) is 15.2. The zero-order valence-electron chi connectivity index (χ0n) is 31.8. The SMILES string of the molecule is COC(=O)[C@@H](C)C[C@H](Cc1ccccc1)NC(=O)c1csc([C@@H](C[C@H](C(C)C)N(C)C(=O)[C@@H](CNC(=O)[C@H]2CCCCN2C)C2CC2)OC(C)=O)n1. The predicted molar refractivity (Wildman–Crippen MR) is 199 cm³/mol. The largest absolute Gasteiger partial charge is 0.469 e. The number of esters is 2. The van der Waals surface area contributed by atoms with Crippen LogP contribution < -0.4 is 10.6 Å². The number of likely N-dealkylation sites (tertiary alicyclic amines) is 1. The van der Waals surface area contributed by atoms with Gasteiger partial charge in [0.2, 0.25) is 11.8 Å². The van der Waals surface area contributed by atoms with Gasteiger partial charge in [0, 0.05) is 44.4 Å². The van der Waals surface area contributed by atoms with Gasteiger partial charge in [-0.25, -0.2) is 4.98 Å². The van der Waals surface area contributed by atoms with E-state index < -0.39 is 23.9 Å². The standard InChI is InChI=1S/C39H57N5O7S/c1-24(2)33(44(6)38(48)30(28-16-17-28)22-40-36(47)32-15-11-12-18-43(32)5)21-34(51-26(4)45)37-42-31(23-52-37)35(46)41-29(19-25(3)39(49)50-7)20-27-13-9-8-10-14-27/h8-10,13-14,23-25,28-30,32-34H,11-12,15-22H2,1-7H3,(H,40,47)(H,41,46)/t25-,29+,30-,32+,33+,34+/m0/s1. The van der Waals surface area contributed by atoms with E-state index in [0.717, 1.165) is 44.2 Å². The van der Waals surface area contributed by atoms with Crippen molar-refractivity contribution in [2.24, 2.45) is 23.7 Å². The molecule has 2 aliphatic rings. The van der Waals surface area contributed by atoms with Crippen LogP contribution in [0.4, 0.5) is 0 Å². The maximum Gasteiger partial charge on any atom is 0.308 e. The lowest BCUT2D eigenvalue weighted by Crippen LogP contribution is -2.51. The third-order valence-corrected chi connectivity index (χ3v) is 11.3. The lowest BCUT2D eigenvalue weighted by molar-refractivity contribution is -0.149. The molecule has 0 bridgehead atoms. The number of likely N-dealkylation sites (N-methyl/N-ethyl adjacent to an activating group) is 1. The van der Waals surface area contributed by atoms with Crippen molar-refractivity contribution in [2.75, 3.05) is 34.3 Å². The van der Waals surface area contributed by atoms with Gasteiger partial charge >= 0.3 is 11.9 Å². The van der Waals surface area contributed by atoms with Gasteiger partial charge in [-0.1, -0.05) is 57.5 Å². The molecule has 3 amide bonds. The van der Waals surface area contributed by atoms with Crippen molar-refractivity contribution in [3.05, 3.63) is 52.0 Å². The van der Waals surface area contributed by atoms with Crippen LogP contribution in [0.15, 0.2) is 35.7 Å². The lowest BCUT2D eigenvalue weighted by Gasteiger charge is -2.36. The fraction of sp³-hybridized carbons (Fsp3) is 0.641. The molecule has 2 fully saturated rings. The zero-order chi connectivity index (χ0) is 37.9. The van der Waals surface area contributed by atoms with E-state index in [-0.39, 0.29) is 65.8 Å². The Morgan fingerprint density at radius 1 is 1.04 bits per heavy atom. The molecule has 286 valence electrons. The smallest absolute Gasteiger partial charge is 0.308 e. The number of hydrogen-bond donors (Lipinski definition) is 2. The van der Waals surface area contributed by atoms with Crippen molar-refractivity contribution in [1.29, 1.82) is 0 Å². The van der Waals surface area contributed by atoms with E-state index in [9.17, 15) is 24.0 Å². The topological polar surface area (TPSA) is 147 Å². The summed E-state index contributed by atoms with van der Waals surface area (Å²) >= 11 is 1.22. The zero-order valence-corrected chi connectivity index (χ0v) is 32.6. The molecule has 2 N–H and O–H groups in total. The van der Waals surface area contributed by atoms with E-state index in [0.29, 0.717) is 24.4 Å². The van der Waals surface area contributed by atoms with Crippen LogP contribution in [0, 0.1) is 23.7 Å². The fourth-order valence-corrected chi connectivity index (χ4v) is 8.06. The van der Waals surface area contributed by atoms with Gasteiger partial charge in [-0.2, -0.15) is 0 Å². The second kappa shape index (κ2) is 19.3. The molecule has 1 aromatic heterocycles. The van der Waals surface area contributed by atoms with Gasteiger partial charge in [0.15, 0.2) is 6.10 Å². The minimum absolute atomic E-state index is 0.00983. The van der Waals surface area contributed by atoms with E-state index in [1.54, 1.807) is 24.3 Å². The third kappa shape index (κ3) is 11.6. The summed E-state index contributed by atoms with van der Waals surface area (Å²) in [6, 6.07) is 8.87. The van der Waals surface area contributed by atoms with Crippen LogP contribution in [-0.4, -0.2) is 96.9 Å². The van der Waals surface area contributed by atoms with Crippen molar-refractivity contribution in [3.8, 4) is 0 Å². The second-order valence-electron chi connectivity index (χ2n) is 14.9. The van der Waals surface area contributed by atoms with Crippen molar-refractivity contribution in [2.45, 2.75) is 103 Å². The molecule has 0 unspecified atom stereocenters. The summed E-state index contributed by atoms with van der Waals surface area (Å²) in [4.78, 5) is 73.8. The van der Waals surface area contributed by atoms with Crippen molar-refractivity contribution in [3.63, 3.8) is 0 Å². The van der Waals surface area contributed by atoms with Gasteiger partial charge in [-0.3, -0.25) is 28.9 Å². The summed E-state index contributed by atoms with van der Waals surface area (Å²) in [6.07, 6.45) is 5.21. The second-order valence-corrected chi connectivity index (χ2v) is 15.8. The molecule has 0 spiro atoms. The first-order valence-corrected chi connectivity index (χ1v) is 19.5. The first kappa shape index (κ1) is 40.9. The molecular formula is C39H57N5O7S. The number of amides is 3. The van der Waals surface area contributed by atoms with Gasteiger partial charge in [0.1, 0.15) is 10.7 Å². The minimum Gasteiger partial charge on any atom is -0.469 e. The Morgan fingerprint density at radius 2 is 1.75 bits per heavy atom. The average Bonchev–Trinajstić information content (AvgIpc) is 3.83. The van der Waals surface area contributed by atoms with Gasteiger partial charge < -0.3 is 25.0 Å². The number of hydrogen-bond acceptors (Lipinski definition) is 10. The Hall–Kier alpha value is -3.84. The molecule has 4 rings (SSSR count). The van der Waals surface area contributed by atoms with Crippen LogP contribution in [-0.2, 0) is 35.1 Å². The molecule has 1 saturated carbocycles. The number of benzene rings is 1. The molecule has 1 aromatic carbocycles. The van der Waals surface area contributed by atoms with Gasteiger partial charge in [0.25, 0.3) is 5.91 Å². The molecule has 1 aliphatic carbocycles. The molecule has 6 atom stereocenters. The third-order valence-electron chi connectivity index (χ3n) is 10.4. The Balaban J connectivity index is 1.46. The first-order valence-electron chi connectivity index (χ1n) is 18.6. The highest BCUT2D eigenvalue weighted by atomic mass is 32.1. The summed E-state index contributed by atoms with van der Waals surface area (Å²) in [5.41, 5.74) is 1.19. The highest BCUT2D eigenvalue weighted by Gasteiger charge is 2.41.